The fourth-order valence-electron chi connectivity index (χ4n) is 1.73. The van der Waals surface area contributed by atoms with Gasteiger partial charge in [0, 0.05) is 25.4 Å². The lowest BCUT2D eigenvalue weighted by Crippen LogP contribution is -2.05. The van der Waals surface area contributed by atoms with Crippen LogP contribution in [-0.2, 0) is 20.2 Å². The van der Waals surface area contributed by atoms with Gasteiger partial charge in [-0.3, -0.25) is 4.68 Å². The second kappa shape index (κ2) is 5.55. The number of nitrogens with two attached hydrogens (primary N) is 1. The summed E-state index contributed by atoms with van der Waals surface area (Å²) in [5, 5.41) is 4.26. The number of nitrogens with zero attached hydrogens (tertiary/aromatic N) is 2. The Morgan fingerprint density at radius 1 is 1.33 bits per heavy atom. The van der Waals surface area contributed by atoms with E-state index in [1.807, 2.05) is 37.5 Å². The molecule has 96 valence electrons. The molecule has 0 saturated heterocycles. The number of rotatable bonds is 5. The molecule has 0 aliphatic carbocycles. The highest BCUT2D eigenvalue weighted by molar-refractivity contribution is 5.46. The minimum atomic E-state index is 0.397. The summed E-state index contributed by atoms with van der Waals surface area (Å²) in [5.41, 5.74) is 7.48. The number of aryl methyl sites for hydroxylation is 1. The Morgan fingerprint density at radius 3 is 2.78 bits per heavy atom. The summed E-state index contributed by atoms with van der Waals surface area (Å²) in [4.78, 5) is 0. The van der Waals surface area contributed by atoms with Crippen LogP contribution in [0.25, 0.3) is 0 Å². The smallest absolute Gasteiger partial charge is 0.166 e. The van der Waals surface area contributed by atoms with Gasteiger partial charge in [0.1, 0.15) is 6.61 Å². The number of methoxy groups -OCH3 is 1. The van der Waals surface area contributed by atoms with Crippen molar-refractivity contribution in [2.75, 3.05) is 7.11 Å². The van der Waals surface area contributed by atoms with Crippen LogP contribution in [0.15, 0.2) is 30.5 Å². The van der Waals surface area contributed by atoms with Gasteiger partial charge < -0.3 is 15.2 Å². The van der Waals surface area contributed by atoms with E-state index in [1.165, 1.54) is 0 Å². The SMILES string of the molecule is COc1cccc(CN)c1OCc1ccn(C)n1. The number of aromatic nitrogens is 2. The normalized spacial score (nSPS) is 10.4. The first-order valence-electron chi connectivity index (χ1n) is 5.72. The number of para-hydroxylation sites is 1. The van der Waals surface area contributed by atoms with E-state index in [2.05, 4.69) is 5.10 Å². The third-order valence-corrected chi connectivity index (χ3v) is 2.63. The van der Waals surface area contributed by atoms with Gasteiger partial charge in [-0.2, -0.15) is 5.10 Å². The molecule has 0 aliphatic heterocycles. The highest BCUT2D eigenvalue weighted by Gasteiger charge is 2.10. The molecule has 0 fully saturated rings. The predicted octanol–water partition coefficient (Wildman–Crippen LogP) is 1.47. The lowest BCUT2D eigenvalue weighted by Gasteiger charge is -2.13. The van der Waals surface area contributed by atoms with Gasteiger partial charge in [0.05, 0.1) is 12.8 Å². The van der Waals surface area contributed by atoms with Gasteiger partial charge >= 0.3 is 0 Å². The van der Waals surface area contributed by atoms with Crippen molar-refractivity contribution in [2.24, 2.45) is 12.8 Å². The highest BCUT2D eigenvalue weighted by Crippen LogP contribution is 2.31. The quantitative estimate of drug-likeness (QED) is 0.869. The molecule has 0 atom stereocenters. The Bertz CT molecular complexity index is 500. The van der Waals surface area contributed by atoms with E-state index in [0.29, 0.717) is 24.7 Å². The molecular weight excluding hydrogens is 230 g/mol. The van der Waals surface area contributed by atoms with Crippen LogP contribution in [0.5, 0.6) is 11.5 Å². The van der Waals surface area contributed by atoms with Crippen LogP contribution >= 0.6 is 0 Å². The lowest BCUT2D eigenvalue weighted by atomic mass is 10.2. The molecule has 0 spiro atoms. The molecule has 0 saturated carbocycles. The van der Waals surface area contributed by atoms with Gasteiger partial charge in [-0.25, -0.2) is 0 Å². The molecule has 5 heteroatoms. The minimum absolute atomic E-state index is 0.397. The molecule has 0 bridgehead atoms. The fourth-order valence-corrected chi connectivity index (χ4v) is 1.73. The Labute approximate surface area is 106 Å². The Balaban J connectivity index is 2.17. The van der Waals surface area contributed by atoms with Crippen LogP contribution in [-0.4, -0.2) is 16.9 Å². The summed E-state index contributed by atoms with van der Waals surface area (Å²) < 4.78 is 12.8. The van der Waals surface area contributed by atoms with E-state index >= 15 is 0 Å². The molecule has 1 heterocycles. The number of hydrogen-bond acceptors (Lipinski definition) is 4. The van der Waals surface area contributed by atoms with Crippen molar-refractivity contribution >= 4 is 0 Å². The molecule has 2 aromatic rings. The maximum Gasteiger partial charge on any atom is 0.166 e. The first kappa shape index (κ1) is 12.4. The van der Waals surface area contributed by atoms with E-state index in [0.717, 1.165) is 11.3 Å². The molecular formula is C13H17N3O2. The average Bonchev–Trinajstić information content (AvgIpc) is 2.81. The Morgan fingerprint density at radius 2 is 2.17 bits per heavy atom. The van der Waals surface area contributed by atoms with E-state index in [9.17, 15) is 0 Å². The molecule has 0 aliphatic rings. The van der Waals surface area contributed by atoms with E-state index in [4.69, 9.17) is 15.2 Å². The number of ether oxygens (including phenoxy) is 2. The average molecular weight is 247 g/mol. The summed E-state index contributed by atoms with van der Waals surface area (Å²) in [7, 11) is 3.49. The topological polar surface area (TPSA) is 62.3 Å². The van der Waals surface area contributed by atoms with Gasteiger partial charge in [-0.15, -0.1) is 0 Å². The molecule has 18 heavy (non-hydrogen) atoms. The van der Waals surface area contributed by atoms with Crippen molar-refractivity contribution in [3.05, 3.63) is 41.7 Å². The number of benzene rings is 1. The number of hydrogen-bond donors (Lipinski definition) is 1. The zero-order valence-electron chi connectivity index (χ0n) is 10.6. The summed E-state index contributed by atoms with van der Waals surface area (Å²) >= 11 is 0. The van der Waals surface area contributed by atoms with Gasteiger partial charge in [0.15, 0.2) is 11.5 Å². The maximum atomic E-state index is 5.77. The molecule has 2 rings (SSSR count). The molecule has 1 aromatic heterocycles. The zero-order valence-corrected chi connectivity index (χ0v) is 10.6. The van der Waals surface area contributed by atoms with Crippen molar-refractivity contribution in [3.8, 4) is 11.5 Å². The maximum absolute atomic E-state index is 5.77. The first-order valence-corrected chi connectivity index (χ1v) is 5.72. The minimum Gasteiger partial charge on any atom is -0.493 e. The van der Waals surface area contributed by atoms with Crippen molar-refractivity contribution in [1.29, 1.82) is 0 Å². The van der Waals surface area contributed by atoms with Crippen molar-refractivity contribution in [3.63, 3.8) is 0 Å². The van der Waals surface area contributed by atoms with Gasteiger partial charge in [0.2, 0.25) is 0 Å². The lowest BCUT2D eigenvalue weighted by molar-refractivity contribution is 0.277. The van der Waals surface area contributed by atoms with Crippen molar-refractivity contribution in [1.82, 2.24) is 9.78 Å². The summed E-state index contributed by atoms with van der Waals surface area (Å²) in [5.74, 6) is 1.38. The molecule has 1 aromatic carbocycles. The van der Waals surface area contributed by atoms with Crippen LogP contribution < -0.4 is 15.2 Å². The van der Waals surface area contributed by atoms with Crippen LogP contribution in [0.4, 0.5) is 0 Å². The largest absolute Gasteiger partial charge is 0.493 e. The van der Waals surface area contributed by atoms with E-state index < -0.39 is 0 Å². The molecule has 2 N–H and O–H groups in total. The Kier molecular flexibility index (Phi) is 3.84. The molecule has 0 unspecified atom stereocenters. The van der Waals surface area contributed by atoms with Crippen molar-refractivity contribution in [2.45, 2.75) is 13.2 Å². The second-order valence-corrected chi connectivity index (χ2v) is 3.92. The second-order valence-electron chi connectivity index (χ2n) is 3.92. The fraction of sp³-hybridized carbons (Fsp3) is 0.308. The van der Waals surface area contributed by atoms with Crippen LogP contribution in [0, 0.1) is 0 Å². The first-order chi connectivity index (χ1) is 8.74. The summed E-state index contributed by atoms with van der Waals surface area (Å²) in [6.07, 6.45) is 1.88. The molecule has 0 radical (unpaired) electrons. The molecule has 0 amide bonds. The van der Waals surface area contributed by atoms with Gasteiger partial charge in [-0.1, -0.05) is 12.1 Å². The molecule has 5 nitrogen and oxygen atoms in total. The highest BCUT2D eigenvalue weighted by atomic mass is 16.5. The summed E-state index contributed by atoms with van der Waals surface area (Å²) in [6, 6.07) is 7.59. The van der Waals surface area contributed by atoms with Crippen molar-refractivity contribution < 1.29 is 9.47 Å². The Hall–Kier alpha value is -2.01. The van der Waals surface area contributed by atoms with Gasteiger partial charge in [-0.05, 0) is 12.1 Å². The van der Waals surface area contributed by atoms with E-state index in [1.54, 1.807) is 11.8 Å². The van der Waals surface area contributed by atoms with Crippen LogP contribution in [0.3, 0.4) is 0 Å². The van der Waals surface area contributed by atoms with E-state index in [-0.39, 0.29) is 0 Å². The van der Waals surface area contributed by atoms with Gasteiger partial charge in [0.25, 0.3) is 0 Å². The van der Waals surface area contributed by atoms with Crippen LogP contribution in [0.1, 0.15) is 11.3 Å². The third kappa shape index (κ3) is 2.62. The standard InChI is InChI=1S/C13H17N3O2/c1-16-7-6-11(15-16)9-18-13-10(8-14)4-3-5-12(13)17-2/h3-7H,8-9,14H2,1-2H3. The monoisotopic (exact) mass is 247 g/mol. The predicted molar refractivity (Wildman–Crippen MR) is 68.4 cm³/mol. The summed E-state index contributed by atoms with van der Waals surface area (Å²) in [6.45, 7) is 0.808. The third-order valence-electron chi connectivity index (χ3n) is 2.63. The van der Waals surface area contributed by atoms with Crippen LogP contribution in [0.2, 0.25) is 0 Å². The zero-order chi connectivity index (χ0) is 13.0.